The summed E-state index contributed by atoms with van der Waals surface area (Å²) in [7, 11) is 0. The first kappa shape index (κ1) is 21.6. The van der Waals surface area contributed by atoms with E-state index in [4.69, 9.17) is 6.42 Å². The van der Waals surface area contributed by atoms with Crippen LogP contribution >= 0.6 is 0 Å². The topological polar surface area (TPSA) is 39.7 Å². The van der Waals surface area contributed by atoms with Crippen molar-refractivity contribution in [3.63, 3.8) is 0 Å². The van der Waals surface area contributed by atoms with E-state index in [1.165, 1.54) is 19.1 Å². The van der Waals surface area contributed by atoms with E-state index in [-0.39, 0.29) is 18.0 Å². The number of alkyl halides is 2. The molecule has 1 heterocycles. The molecule has 2 rings (SSSR count). The van der Waals surface area contributed by atoms with Crippen molar-refractivity contribution >= 4 is 11.5 Å². The normalized spacial score (nSPS) is 18.2. The summed E-state index contributed by atoms with van der Waals surface area (Å²) in [5.41, 5.74) is 1.30. The molecule has 0 radical (unpaired) electrons. The minimum atomic E-state index is -2.82. The molecule has 1 aliphatic rings. The maximum atomic E-state index is 13.8. The molecule has 4 nitrogen and oxygen atoms in total. The first-order valence-electron chi connectivity index (χ1n) is 9.46. The van der Waals surface area contributed by atoms with Crippen molar-refractivity contribution < 1.29 is 8.78 Å². The summed E-state index contributed by atoms with van der Waals surface area (Å²) >= 11 is 0. The predicted octanol–water partition coefficient (Wildman–Crippen LogP) is 4.34. The van der Waals surface area contributed by atoms with Crippen LogP contribution < -0.4 is 10.6 Å². The number of hydrogen-bond acceptors (Lipinski definition) is 3. The van der Waals surface area contributed by atoms with Gasteiger partial charge in [-0.3, -0.25) is 0 Å². The number of amidine groups is 1. The van der Waals surface area contributed by atoms with Crippen LogP contribution in [-0.4, -0.2) is 36.4 Å². The molecule has 1 aromatic rings. The van der Waals surface area contributed by atoms with Gasteiger partial charge in [-0.25, -0.2) is 13.8 Å². The maximum Gasteiger partial charge on any atom is 0.273 e. The molecule has 0 saturated carbocycles. The number of piperazine rings is 1. The van der Waals surface area contributed by atoms with Crippen LogP contribution in [0.2, 0.25) is 0 Å². The second kappa shape index (κ2) is 10.0. The smallest absolute Gasteiger partial charge is 0.273 e. The summed E-state index contributed by atoms with van der Waals surface area (Å²) in [5.74, 6) is 0.583. The minimum absolute atomic E-state index is 0.00759. The Bertz CT molecular complexity index is 760. The average Bonchev–Trinajstić information content (AvgIpc) is 2.69. The lowest BCUT2D eigenvalue weighted by Gasteiger charge is -2.35. The molecule has 0 aliphatic carbocycles. The van der Waals surface area contributed by atoms with E-state index >= 15 is 0 Å². The lowest BCUT2D eigenvalue weighted by molar-refractivity contribution is -0.00826. The van der Waals surface area contributed by atoms with Gasteiger partial charge in [0.2, 0.25) is 0 Å². The van der Waals surface area contributed by atoms with Gasteiger partial charge < -0.3 is 15.5 Å². The summed E-state index contributed by atoms with van der Waals surface area (Å²) in [4.78, 5) is 6.66. The molecule has 1 atom stereocenters. The number of halogens is 2. The number of hydrogen-bond donors (Lipinski definition) is 2. The van der Waals surface area contributed by atoms with Gasteiger partial charge in [0.25, 0.3) is 5.92 Å². The van der Waals surface area contributed by atoms with Crippen LogP contribution in [0.4, 0.5) is 14.5 Å². The maximum absolute atomic E-state index is 13.8. The minimum Gasteiger partial charge on any atom is -0.353 e. The van der Waals surface area contributed by atoms with Crippen LogP contribution in [0.5, 0.6) is 0 Å². The molecule has 2 N–H and O–H groups in total. The van der Waals surface area contributed by atoms with Gasteiger partial charge in [-0.1, -0.05) is 31.7 Å². The quantitative estimate of drug-likeness (QED) is 0.416. The van der Waals surface area contributed by atoms with Gasteiger partial charge in [0, 0.05) is 56.0 Å². The highest BCUT2D eigenvalue weighted by atomic mass is 19.3. The summed E-state index contributed by atoms with van der Waals surface area (Å²) < 4.78 is 27.6. The number of rotatable bonds is 7. The zero-order chi connectivity index (χ0) is 20.6. The standard InChI is InChI=1S/C22H28F2N4/c1-5-8-20-16-28(15-14-25-20)21(26-13-6-2)17(4)27-19-11-9-18(10-12-19)22(23,24)7-3/h1,6,9-13,20,25,27H,4,7-8,14-16H2,2-3H3/b13-6-,26-21?. The Kier molecular flexibility index (Phi) is 7.77. The number of nitrogens with zero attached hydrogens (tertiary/aromatic N) is 2. The molecule has 1 fully saturated rings. The van der Waals surface area contributed by atoms with Gasteiger partial charge in [-0.15, -0.1) is 12.3 Å². The van der Waals surface area contributed by atoms with E-state index in [0.29, 0.717) is 23.6 Å². The zero-order valence-corrected chi connectivity index (χ0v) is 16.5. The molecular formula is C22H28F2N4. The summed E-state index contributed by atoms with van der Waals surface area (Å²) in [6.07, 6.45) is 9.41. The SMILES string of the molecule is C#CCC1CN(C(=N/C=C\C)C(=C)Nc2ccc(C(F)(F)CC)cc2)CCN1. The highest BCUT2D eigenvalue weighted by Crippen LogP contribution is 2.32. The first-order valence-corrected chi connectivity index (χ1v) is 9.46. The number of allylic oxidation sites excluding steroid dienone is 1. The highest BCUT2D eigenvalue weighted by molar-refractivity contribution is 6.00. The van der Waals surface area contributed by atoms with Crippen molar-refractivity contribution in [1.82, 2.24) is 10.2 Å². The Morgan fingerprint density at radius 3 is 2.79 bits per heavy atom. The van der Waals surface area contributed by atoms with Crippen molar-refractivity contribution in [2.75, 3.05) is 25.0 Å². The second-order valence-corrected chi connectivity index (χ2v) is 6.68. The number of nitrogens with one attached hydrogen (secondary N) is 2. The van der Waals surface area contributed by atoms with E-state index in [9.17, 15) is 8.78 Å². The van der Waals surface area contributed by atoms with Gasteiger partial charge in [-0.05, 0) is 19.1 Å². The van der Waals surface area contributed by atoms with Crippen molar-refractivity contribution in [3.05, 3.63) is 54.4 Å². The fourth-order valence-electron chi connectivity index (χ4n) is 3.02. The lowest BCUT2D eigenvalue weighted by atomic mass is 10.1. The Hall–Kier alpha value is -2.65. The van der Waals surface area contributed by atoms with E-state index in [2.05, 4.69) is 33.0 Å². The summed E-state index contributed by atoms with van der Waals surface area (Å²) in [5, 5.41) is 6.58. The van der Waals surface area contributed by atoms with Crippen LogP contribution in [0, 0.1) is 12.3 Å². The Morgan fingerprint density at radius 2 is 2.18 bits per heavy atom. The molecule has 1 aromatic carbocycles. The fraction of sp³-hybridized carbons (Fsp3) is 0.409. The third kappa shape index (κ3) is 5.67. The third-order valence-corrected chi connectivity index (χ3v) is 4.58. The van der Waals surface area contributed by atoms with Crippen LogP contribution in [0.25, 0.3) is 0 Å². The third-order valence-electron chi connectivity index (χ3n) is 4.58. The summed E-state index contributed by atoms with van der Waals surface area (Å²) in [6, 6.07) is 6.34. The molecule has 0 spiro atoms. The van der Waals surface area contributed by atoms with Crippen LogP contribution in [-0.2, 0) is 5.92 Å². The lowest BCUT2D eigenvalue weighted by Crippen LogP contribution is -2.53. The number of anilines is 1. The molecule has 0 bridgehead atoms. The average molecular weight is 386 g/mol. The van der Waals surface area contributed by atoms with Gasteiger partial charge in [0.15, 0.2) is 5.84 Å². The molecule has 0 amide bonds. The van der Waals surface area contributed by atoms with E-state index in [0.717, 1.165) is 19.6 Å². The number of aliphatic imine (C=N–C) groups is 1. The molecule has 6 heteroatoms. The Labute approximate surface area is 166 Å². The fourth-order valence-corrected chi connectivity index (χ4v) is 3.02. The Balaban J connectivity index is 2.14. The zero-order valence-electron chi connectivity index (χ0n) is 16.5. The van der Waals surface area contributed by atoms with Gasteiger partial charge in [0.05, 0.1) is 5.70 Å². The van der Waals surface area contributed by atoms with Crippen LogP contribution in [0.15, 0.2) is 53.8 Å². The summed E-state index contributed by atoms with van der Waals surface area (Å²) in [6.45, 7) is 9.78. The van der Waals surface area contributed by atoms with E-state index < -0.39 is 5.92 Å². The van der Waals surface area contributed by atoms with Crippen molar-refractivity contribution in [1.29, 1.82) is 0 Å². The van der Waals surface area contributed by atoms with Crippen LogP contribution in [0.1, 0.15) is 32.3 Å². The molecule has 150 valence electrons. The van der Waals surface area contributed by atoms with Crippen molar-refractivity contribution in [2.24, 2.45) is 4.99 Å². The van der Waals surface area contributed by atoms with Crippen molar-refractivity contribution in [2.45, 2.75) is 38.7 Å². The molecule has 1 aliphatic heterocycles. The van der Waals surface area contributed by atoms with Gasteiger partial charge in [0.1, 0.15) is 0 Å². The Morgan fingerprint density at radius 1 is 1.46 bits per heavy atom. The monoisotopic (exact) mass is 386 g/mol. The van der Waals surface area contributed by atoms with E-state index in [1.807, 2.05) is 13.0 Å². The first-order chi connectivity index (χ1) is 13.4. The van der Waals surface area contributed by atoms with Crippen LogP contribution in [0.3, 0.4) is 0 Å². The molecule has 1 unspecified atom stereocenters. The van der Waals surface area contributed by atoms with Crippen molar-refractivity contribution in [3.8, 4) is 12.3 Å². The predicted molar refractivity (Wildman–Crippen MR) is 112 cm³/mol. The molecule has 28 heavy (non-hydrogen) atoms. The number of benzene rings is 1. The molecule has 1 saturated heterocycles. The molecular weight excluding hydrogens is 358 g/mol. The second-order valence-electron chi connectivity index (χ2n) is 6.68. The number of terminal acetylenes is 1. The van der Waals surface area contributed by atoms with Gasteiger partial charge >= 0.3 is 0 Å². The largest absolute Gasteiger partial charge is 0.353 e. The molecule has 0 aromatic heterocycles. The highest BCUT2D eigenvalue weighted by Gasteiger charge is 2.28. The van der Waals surface area contributed by atoms with E-state index in [1.54, 1.807) is 18.3 Å². The van der Waals surface area contributed by atoms with Gasteiger partial charge in [-0.2, -0.15) is 0 Å².